The Balaban J connectivity index is 4.50. The summed E-state index contributed by atoms with van der Waals surface area (Å²) >= 11 is 0. The standard InChI is InChI=1S/C57H94O6/c1-4-7-10-13-16-19-22-25-27-29-32-35-38-41-44-47-50-56(59)62-53-54(52-61-55(58)49-46-43-40-37-34-31-24-21-18-15-12-9-6-3)63-57(60)51-48-45-42-39-36-33-30-28-26-23-20-17-14-11-8-5-2/h7-8,10-11,16-17,19-20,25-28,31,34,40,43,54H,4-6,9,12-15,18,21-24,29-30,32-33,35-39,41-42,44-53H2,1-3H3/b10-7+,11-8+,19-16+,20-17+,27-25+,28-26+,34-31+,43-40+. The number of ether oxygens (including phenoxy) is 3. The average molecular weight is 875 g/mol. The fraction of sp³-hybridized carbons (Fsp3) is 0.667. The molecule has 0 radical (unpaired) electrons. The lowest BCUT2D eigenvalue weighted by Crippen LogP contribution is -2.30. The van der Waals surface area contributed by atoms with Gasteiger partial charge in [0.05, 0.1) is 0 Å². The van der Waals surface area contributed by atoms with E-state index in [1.807, 2.05) is 6.08 Å². The van der Waals surface area contributed by atoms with Gasteiger partial charge >= 0.3 is 17.9 Å². The van der Waals surface area contributed by atoms with Gasteiger partial charge in [-0.1, -0.05) is 201 Å². The lowest BCUT2D eigenvalue weighted by Gasteiger charge is -2.18. The van der Waals surface area contributed by atoms with Crippen LogP contribution in [-0.2, 0) is 28.6 Å². The number of hydrogen-bond acceptors (Lipinski definition) is 6. The number of carbonyl (C=O) groups is 3. The smallest absolute Gasteiger partial charge is 0.306 e. The summed E-state index contributed by atoms with van der Waals surface area (Å²) in [6.07, 6.45) is 66.9. The molecule has 0 aliphatic rings. The lowest BCUT2D eigenvalue weighted by molar-refractivity contribution is -0.166. The molecule has 63 heavy (non-hydrogen) atoms. The first-order chi connectivity index (χ1) is 31.0. The van der Waals surface area contributed by atoms with E-state index in [1.165, 1.54) is 64.2 Å². The van der Waals surface area contributed by atoms with Crippen LogP contribution in [0.5, 0.6) is 0 Å². The highest BCUT2D eigenvalue weighted by molar-refractivity contribution is 5.71. The van der Waals surface area contributed by atoms with Crippen molar-refractivity contribution in [1.82, 2.24) is 0 Å². The fourth-order valence-corrected chi connectivity index (χ4v) is 6.76. The summed E-state index contributed by atoms with van der Waals surface area (Å²) in [6.45, 7) is 6.32. The van der Waals surface area contributed by atoms with Crippen LogP contribution in [0.15, 0.2) is 97.2 Å². The van der Waals surface area contributed by atoms with Crippen molar-refractivity contribution in [2.45, 2.75) is 232 Å². The first-order valence-corrected chi connectivity index (χ1v) is 25.7. The van der Waals surface area contributed by atoms with Crippen LogP contribution in [0.3, 0.4) is 0 Å². The van der Waals surface area contributed by atoms with E-state index in [2.05, 4.69) is 112 Å². The van der Waals surface area contributed by atoms with Crippen molar-refractivity contribution in [1.29, 1.82) is 0 Å². The molecular formula is C57H94O6. The van der Waals surface area contributed by atoms with Crippen LogP contribution < -0.4 is 0 Å². The zero-order valence-electron chi connectivity index (χ0n) is 40.8. The molecule has 0 spiro atoms. The van der Waals surface area contributed by atoms with Gasteiger partial charge in [0, 0.05) is 19.3 Å². The lowest BCUT2D eigenvalue weighted by atomic mass is 10.1. The van der Waals surface area contributed by atoms with Crippen molar-refractivity contribution >= 4 is 17.9 Å². The van der Waals surface area contributed by atoms with Crippen LogP contribution in [0.1, 0.15) is 226 Å². The molecule has 6 heteroatoms. The van der Waals surface area contributed by atoms with Crippen LogP contribution in [0, 0.1) is 0 Å². The number of rotatable bonds is 45. The molecule has 0 aromatic carbocycles. The van der Waals surface area contributed by atoms with Crippen LogP contribution >= 0.6 is 0 Å². The molecule has 0 aliphatic carbocycles. The average Bonchev–Trinajstić information content (AvgIpc) is 3.28. The SMILES string of the molecule is CC/C=C/C/C=C/C/C=C/CCCCCCCCC(=O)OCC(COC(=O)CC/C=C/C/C=C/CCCCCCCC)OC(=O)CCCCCCCC/C=C/C/C=C/C/C=C/CC. The summed E-state index contributed by atoms with van der Waals surface area (Å²) in [7, 11) is 0. The van der Waals surface area contributed by atoms with E-state index in [0.29, 0.717) is 19.3 Å². The Hall–Kier alpha value is -3.67. The summed E-state index contributed by atoms with van der Waals surface area (Å²) < 4.78 is 16.7. The van der Waals surface area contributed by atoms with Crippen LogP contribution in [0.2, 0.25) is 0 Å². The summed E-state index contributed by atoms with van der Waals surface area (Å²) in [5, 5.41) is 0. The van der Waals surface area contributed by atoms with Crippen molar-refractivity contribution in [2.75, 3.05) is 13.2 Å². The highest BCUT2D eigenvalue weighted by Crippen LogP contribution is 2.13. The molecule has 0 fully saturated rings. The predicted octanol–water partition coefficient (Wildman–Crippen LogP) is 17.0. The van der Waals surface area contributed by atoms with Gasteiger partial charge in [-0.3, -0.25) is 14.4 Å². The second-order valence-corrected chi connectivity index (χ2v) is 16.7. The molecule has 0 saturated carbocycles. The van der Waals surface area contributed by atoms with Crippen LogP contribution in [0.25, 0.3) is 0 Å². The summed E-state index contributed by atoms with van der Waals surface area (Å²) in [6, 6.07) is 0. The molecule has 0 aromatic heterocycles. The monoisotopic (exact) mass is 875 g/mol. The zero-order chi connectivity index (χ0) is 45.8. The molecule has 358 valence electrons. The Morgan fingerprint density at radius 2 is 0.651 bits per heavy atom. The van der Waals surface area contributed by atoms with Crippen molar-refractivity contribution in [2.24, 2.45) is 0 Å². The molecular weight excluding hydrogens is 781 g/mol. The summed E-state index contributed by atoms with van der Waals surface area (Å²) in [4.78, 5) is 37.9. The largest absolute Gasteiger partial charge is 0.462 e. The molecule has 0 rings (SSSR count). The quantitative estimate of drug-likeness (QED) is 0.0262. The molecule has 0 aromatic rings. The minimum absolute atomic E-state index is 0.108. The van der Waals surface area contributed by atoms with Gasteiger partial charge in [0.1, 0.15) is 13.2 Å². The maximum Gasteiger partial charge on any atom is 0.306 e. The normalized spacial score (nSPS) is 12.9. The van der Waals surface area contributed by atoms with Crippen molar-refractivity contribution < 1.29 is 28.6 Å². The van der Waals surface area contributed by atoms with Crippen molar-refractivity contribution in [3.8, 4) is 0 Å². The third kappa shape index (κ3) is 49.2. The van der Waals surface area contributed by atoms with Gasteiger partial charge in [0.25, 0.3) is 0 Å². The van der Waals surface area contributed by atoms with E-state index in [9.17, 15) is 14.4 Å². The Morgan fingerprint density at radius 1 is 0.333 bits per heavy atom. The van der Waals surface area contributed by atoms with E-state index in [0.717, 1.165) is 116 Å². The van der Waals surface area contributed by atoms with Gasteiger partial charge in [-0.2, -0.15) is 0 Å². The Bertz CT molecular complexity index is 1280. The number of hydrogen-bond donors (Lipinski definition) is 0. The first kappa shape index (κ1) is 59.3. The predicted molar refractivity (Wildman–Crippen MR) is 270 cm³/mol. The molecule has 1 atom stereocenters. The third-order valence-corrected chi connectivity index (χ3v) is 10.6. The Labute approximate surface area is 387 Å². The molecule has 1 unspecified atom stereocenters. The number of allylic oxidation sites excluding steroid dienone is 16. The highest BCUT2D eigenvalue weighted by Gasteiger charge is 2.19. The molecule has 0 aliphatic heterocycles. The van der Waals surface area contributed by atoms with Gasteiger partial charge < -0.3 is 14.2 Å². The van der Waals surface area contributed by atoms with Gasteiger partial charge in [-0.05, 0) is 103 Å². The van der Waals surface area contributed by atoms with E-state index in [4.69, 9.17) is 14.2 Å². The minimum Gasteiger partial charge on any atom is -0.462 e. The second-order valence-electron chi connectivity index (χ2n) is 16.7. The van der Waals surface area contributed by atoms with E-state index < -0.39 is 6.10 Å². The highest BCUT2D eigenvalue weighted by atomic mass is 16.6. The van der Waals surface area contributed by atoms with Gasteiger partial charge in [0.2, 0.25) is 0 Å². The van der Waals surface area contributed by atoms with E-state index >= 15 is 0 Å². The molecule has 0 amide bonds. The van der Waals surface area contributed by atoms with Crippen LogP contribution in [-0.4, -0.2) is 37.2 Å². The van der Waals surface area contributed by atoms with Gasteiger partial charge in [0.15, 0.2) is 6.10 Å². The number of esters is 3. The minimum atomic E-state index is -0.813. The molecule has 0 saturated heterocycles. The topological polar surface area (TPSA) is 78.9 Å². The summed E-state index contributed by atoms with van der Waals surface area (Å²) in [5.74, 6) is -1.01. The summed E-state index contributed by atoms with van der Waals surface area (Å²) in [5.41, 5.74) is 0. The zero-order valence-corrected chi connectivity index (χ0v) is 40.8. The number of carbonyl (C=O) groups excluding carboxylic acids is 3. The van der Waals surface area contributed by atoms with Crippen molar-refractivity contribution in [3.63, 3.8) is 0 Å². The van der Waals surface area contributed by atoms with E-state index in [-0.39, 0.29) is 37.5 Å². The Kier molecular flexibility index (Phi) is 48.0. The maximum absolute atomic E-state index is 12.8. The van der Waals surface area contributed by atoms with Gasteiger partial charge in [-0.15, -0.1) is 0 Å². The maximum atomic E-state index is 12.8. The Morgan fingerprint density at radius 3 is 1.06 bits per heavy atom. The number of unbranched alkanes of at least 4 members (excludes halogenated alkanes) is 18. The fourth-order valence-electron chi connectivity index (χ4n) is 6.76. The van der Waals surface area contributed by atoms with Gasteiger partial charge in [-0.25, -0.2) is 0 Å². The third-order valence-electron chi connectivity index (χ3n) is 10.6. The van der Waals surface area contributed by atoms with Crippen LogP contribution in [0.4, 0.5) is 0 Å². The molecule has 6 nitrogen and oxygen atoms in total. The second kappa shape index (κ2) is 51.0. The molecule has 0 bridgehead atoms. The first-order valence-electron chi connectivity index (χ1n) is 25.7. The van der Waals surface area contributed by atoms with Crippen molar-refractivity contribution in [3.05, 3.63) is 97.2 Å². The molecule has 0 heterocycles. The van der Waals surface area contributed by atoms with E-state index in [1.54, 1.807) is 0 Å². The molecule has 0 N–H and O–H groups in total.